The topological polar surface area (TPSA) is 99.7 Å². The number of anilines is 4. The molecule has 2 N–H and O–H groups in total. The summed E-state index contributed by atoms with van der Waals surface area (Å²) < 4.78 is 5.00. The molecule has 1 aromatic carbocycles. The van der Waals surface area contributed by atoms with Crippen LogP contribution < -0.4 is 10.6 Å². The van der Waals surface area contributed by atoms with Gasteiger partial charge in [-0.05, 0) is 38.1 Å². The van der Waals surface area contributed by atoms with Gasteiger partial charge in [-0.25, -0.2) is 4.98 Å². The Morgan fingerprint density at radius 1 is 1.00 bits per heavy atom. The number of hydrogen-bond acceptors (Lipinski definition) is 7. The maximum Gasteiger partial charge on any atom is 0.230 e. The number of aromatic nitrogens is 3. The van der Waals surface area contributed by atoms with Crippen LogP contribution in [0.25, 0.3) is 0 Å². The van der Waals surface area contributed by atoms with Gasteiger partial charge in [0.2, 0.25) is 5.95 Å². The van der Waals surface area contributed by atoms with E-state index >= 15 is 0 Å². The van der Waals surface area contributed by atoms with Crippen molar-refractivity contribution >= 4 is 23.3 Å². The molecule has 2 aromatic heterocycles. The fraction of sp³-hybridized carbons (Fsp3) is 0.125. The van der Waals surface area contributed by atoms with E-state index in [2.05, 4.69) is 31.8 Å². The molecule has 0 spiro atoms. The summed E-state index contributed by atoms with van der Waals surface area (Å²) in [6.45, 7) is 3.69. The summed E-state index contributed by atoms with van der Waals surface area (Å²) in [5.41, 5.74) is 2.25. The summed E-state index contributed by atoms with van der Waals surface area (Å²) >= 11 is 0. The molecule has 0 fully saturated rings. The zero-order valence-electron chi connectivity index (χ0n) is 12.7. The van der Waals surface area contributed by atoms with E-state index in [1.165, 1.54) is 0 Å². The van der Waals surface area contributed by atoms with Gasteiger partial charge in [0, 0.05) is 23.5 Å². The highest BCUT2D eigenvalue weighted by Crippen LogP contribution is 2.19. The standard InChI is InChI=1S/C16H14N6O/c1-10-7-14(19-13-5-3-12(9-17)4-6-13)20-16(18-10)21-15-8-11(2)23-22-15/h3-8H,1-2H3,(H2,18,19,20,21,22). The van der Waals surface area contributed by atoms with Gasteiger partial charge in [0.15, 0.2) is 5.82 Å². The second kappa shape index (κ2) is 6.15. The maximum absolute atomic E-state index is 8.82. The van der Waals surface area contributed by atoms with Crippen LogP contribution in [-0.2, 0) is 0 Å². The molecule has 0 bridgehead atoms. The number of rotatable bonds is 4. The van der Waals surface area contributed by atoms with Gasteiger partial charge in [0.1, 0.15) is 11.6 Å². The van der Waals surface area contributed by atoms with Crippen LogP contribution in [0.5, 0.6) is 0 Å². The highest BCUT2D eigenvalue weighted by molar-refractivity contribution is 5.59. The summed E-state index contributed by atoms with van der Waals surface area (Å²) in [7, 11) is 0. The number of nitrogens with zero attached hydrogens (tertiary/aromatic N) is 4. The third kappa shape index (κ3) is 3.63. The van der Waals surface area contributed by atoms with Gasteiger partial charge in [0.25, 0.3) is 0 Å². The van der Waals surface area contributed by atoms with Gasteiger partial charge in [-0.2, -0.15) is 10.2 Å². The van der Waals surface area contributed by atoms with E-state index in [4.69, 9.17) is 9.78 Å². The van der Waals surface area contributed by atoms with E-state index in [0.717, 1.165) is 11.4 Å². The van der Waals surface area contributed by atoms with Crippen molar-refractivity contribution in [3.8, 4) is 6.07 Å². The Balaban J connectivity index is 1.80. The number of benzene rings is 1. The first-order valence-corrected chi connectivity index (χ1v) is 6.95. The van der Waals surface area contributed by atoms with Crippen molar-refractivity contribution in [3.05, 3.63) is 53.4 Å². The molecular formula is C16H14N6O. The van der Waals surface area contributed by atoms with E-state index < -0.39 is 0 Å². The molecule has 2 heterocycles. The molecule has 114 valence electrons. The van der Waals surface area contributed by atoms with Crippen molar-refractivity contribution in [1.82, 2.24) is 15.1 Å². The zero-order valence-corrected chi connectivity index (χ0v) is 12.7. The smallest absolute Gasteiger partial charge is 0.230 e. The van der Waals surface area contributed by atoms with E-state index in [-0.39, 0.29) is 0 Å². The molecule has 0 saturated carbocycles. The molecule has 0 aliphatic carbocycles. The second-order valence-corrected chi connectivity index (χ2v) is 4.98. The van der Waals surface area contributed by atoms with E-state index in [1.54, 1.807) is 18.2 Å². The van der Waals surface area contributed by atoms with Crippen LogP contribution in [0.1, 0.15) is 17.0 Å². The lowest BCUT2D eigenvalue weighted by Crippen LogP contribution is -2.02. The highest BCUT2D eigenvalue weighted by atomic mass is 16.5. The van der Waals surface area contributed by atoms with Crippen LogP contribution in [-0.4, -0.2) is 15.1 Å². The van der Waals surface area contributed by atoms with Crippen molar-refractivity contribution in [1.29, 1.82) is 5.26 Å². The Kier molecular flexibility index (Phi) is 3.89. The quantitative estimate of drug-likeness (QED) is 0.761. The minimum atomic E-state index is 0.425. The molecule has 3 aromatic rings. The van der Waals surface area contributed by atoms with Gasteiger partial charge >= 0.3 is 0 Å². The number of hydrogen-bond donors (Lipinski definition) is 2. The van der Waals surface area contributed by atoms with Crippen molar-refractivity contribution in [3.63, 3.8) is 0 Å². The molecule has 7 nitrogen and oxygen atoms in total. The average Bonchev–Trinajstić information content (AvgIpc) is 2.92. The predicted molar refractivity (Wildman–Crippen MR) is 85.7 cm³/mol. The van der Waals surface area contributed by atoms with Crippen LogP contribution in [0.15, 0.2) is 40.9 Å². The monoisotopic (exact) mass is 306 g/mol. The Morgan fingerprint density at radius 3 is 2.43 bits per heavy atom. The lowest BCUT2D eigenvalue weighted by Gasteiger charge is -2.08. The lowest BCUT2D eigenvalue weighted by atomic mass is 10.2. The predicted octanol–water partition coefficient (Wildman–Crippen LogP) is 3.44. The van der Waals surface area contributed by atoms with E-state index in [1.807, 2.05) is 32.0 Å². The molecule has 0 unspecified atom stereocenters. The van der Waals surface area contributed by atoms with Crippen molar-refractivity contribution in [2.45, 2.75) is 13.8 Å². The Morgan fingerprint density at radius 2 is 1.78 bits per heavy atom. The summed E-state index contributed by atoms with van der Waals surface area (Å²) in [6.07, 6.45) is 0. The van der Waals surface area contributed by atoms with Crippen molar-refractivity contribution < 1.29 is 4.52 Å². The van der Waals surface area contributed by atoms with Gasteiger partial charge in [-0.3, -0.25) is 0 Å². The summed E-state index contributed by atoms with van der Waals surface area (Å²) in [4.78, 5) is 8.72. The first-order chi connectivity index (χ1) is 11.1. The molecular weight excluding hydrogens is 292 g/mol. The van der Waals surface area contributed by atoms with Crippen molar-refractivity contribution in [2.24, 2.45) is 0 Å². The molecule has 23 heavy (non-hydrogen) atoms. The fourth-order valence-corrected chi connectivity index (χ4v) is 2.00. The third-order valence-electron chi connectivity index (χ3n) is 3.01. The normalized spacial score (nSPS) is 10.1. The highest BCUT2D eigenvalue weighted by Gasteiger charge is 2.06. The zero-order chi connectivity index (χ0) is 16.2. The number of aryl methyl sites for hydroxylation is 2. The summed E-state index contributed by atoms with van der Waals surface area (Å²) in [5.74, 6) is 2.33. The molecule has 7 heteroatoms. The van der Waals surface area contributed by atoms with Gasteiger partial charge in [-0.15, -0.1) is 0 Å². The molecule has 0 aliphatic rings. The first kappa shape index (κ1) is 14.5. The minimum Gasteiger partial charge on any atom is -0.360 e. The molecule has 0 atom stereocenters. The minimum absolute atomic E-state index is 0.425. The second-order valence-electron chi connectivity index (χ2n) is 4.98. The Bertz CT molecular complexity index is 863. The van der Waals surface area contributed by atoms with Gasteiger partial charge in [-0.1, -0.05) is 5.16 Å². The fourth-order valence-electron chi connectivity index (χ4n) is 2.00. The van der Waals surface area contributed by atoms with Gasteiger partial charge in [0.05, 0.1) is 11.6 Å². The summed E-state index contributed by atoms with van der Waals surface area (Å²) in [6, 6.07) is 12.8. The van der Waals surface area contributed by atoms with Crippen LogP contribution >= 0.6 is 0 Å². The molecule has 3 rings (SSSR count). The third-order valence-corrected chi connectivity index (χ3v) is 3.01. The van der Waals surface area contributed by atoms with Crippen LogP contribution in [0.3, 0.4) is 0 Å². The van der Waals surface area contributed by atoms with E-state index in [9.17, 15) is 0 Å². The maximum atomic E-state index is 8.82. The lowest BCUT2D eigenvalue weighted by molar-refractivity contribution is 0.400. The average molecular weight is 306 g/mol. The first-order valence-electron chi connectivity index (χ1n) is 6.95. The van der Waals surface area contributed by atoms with Crippen LogP contribution in [0.4, 0.5) is 23.3 Å². The van der Waals surface area contributed by atoms with Crippen molar-refractivity contribution in [2.75, 3.05) is 10.6 Å². The summed E-state index contributed by atoms with van der Waals surface area (Å²) in [5, 5.41) is 18.9. The van der Waals surface area contributed by atoms with Gasteiger partial charge < -0.3 is 15.2 Å². The largest absolute Gasteiger partial charge is 0.360 e. The van der Waals surface area contributed by atoms with Crippen LogP contribution in [0, 0.1) is 25.2 Å². The molecule has 0 radical (unpaired) electrons. The Hall–Kier alpha value is -3.40. The number of nitriles is 1. The van der Waals surface area contributed by atoms with E-state index in [0.29, 0.717) is 28.9 Å². The SMILES string of the molecule is Cc1cc(Nc2ccc(C#N)cc2)nc(Nc2cc(C)on2)n1. The molecule has 0 saturated heterocycles. The number of nitrogens with one attached hydrogen (secondary N) is 2. The molecule has 0 aliphatic heterocycles. The van der Waals surface area contributed by atoms with Crippen LogP contribution in [0.2, 0.25) is 0 Å². The molecule has 0 amide bonds. The Labute approximate surface area is 133 Å².